The number of hydrogen-bond acceptors (Lipinski definition) is 3. The Labute approximate surface area is 195 Å². The van der Waals surface area contributed by atoms with Crippen LogP contribution in [-0.2, 0) is 17.6 Å². The quantitative estimate of drug-likeness (QED) is 0.637. The van der Waals surface area contributed by atoms with Crippen LogP contribution in [0.2, 0.25) is 5.02 Å². The summed E-state index contributed by atoms with van der Waals surface area (Å²) >= 11 is 6.59. The molecule has 2 aliphatic heterocycles. The van der Waals surface area contributed by atoms with Gasteiger partial charge < -0.3 is 15.5 Å². The highest BCUT2D eigenvalue weighted by Crippen LogP contribution is 2.27. The molecule has 2 aliphatic rings. The maximum Gasteiger partial charge on any atom is 0.226 e. The van der Waals surface area contributed by atoms with Crippen molar-refractivity contribution >= 4 is 23.2 Å². The van der Waals surface area contributed by atoms with Gasteiger partial charge in [0.15, 0.2) is 0 Å². The zero-order chi connectivity index (χ0) is 22.5. The maximum absolute atomic E-state index is 13.4. The monoisotopic (exact) mass is 457 g/mol. The average Bonchev–Trinajstić information content (AvgIpc) is 2.76. The minimum atomic E-state index is -0.238. The first-order valence-electron chi connectivity index (χ1n) is 11.8. The minimum absolute atomic E-state index is 0.144. The van der Waals surface area contributed by atoms with Crippen molar-refractivity contribution in [2.45, 2.75) is 57.5 Å². The van der Waals surface area contributed by atoms with Gasteiger partial charge in [0.1, 0.15) is 5.82 Å². The van der Waals surface area contributed by atoms with Crippen molar-refractivity contribution in [1.29, 1.82) is 0 Å². The van der Waals surface area contributed by atoms with Crippen LogP contribution in [0.1, 0.15) is 43.7 Å². The lowest BCUT2D eigenvalue weighted by molar-refractivity contribution is -0.131. The number of piperidine rings is 2. The second-order valence-corrected chi connectivity index (χ2v) is 9.77. The average molecular weight is 458 g/mol. The van der Waals surface area contributed by atoms with E-state index in [0.717, 1.165) is 42.1 Å². The third-order valence-electron chi connectivity index (χ3n) is 6.76. The highest BCUT2D eigenvalue weighted by Gasteiger charge is 2.23. The summed E-state index contributed by atoms with van der Waals surface area (Å²) in [6, 6.07) is 13.5. The van der Waals surface area contributed by atoms with E-state index in [0.29, 0.717) is 31.5 Å². The predicted molar refractivity (Wildman–Crippen MR) is 129 cm³/mol. The molecule has 2 heterocycles. The molecular weight excluding hydrogens is 425 g/mol. The van der Waals surface area contributed by atoms with Crippen molar-refractivity contribution in [3.8, 4) is 0 Å². The molecule has 6 heteroatoms. The number of carbonyl (C=O) groups is 1. The molecule has 2 aromatic rings. The highest BCUT2D eigenvalue weighted by molar-refractivity contribution is 6.31. The van der Waals surface area contributed by atoms with E-state index in [1.165, 1.54) is 30.5 Å². The van der Waals surface area contributed by atoms with Gasteiger partial charge in [0.05, 0.1) is 6.42 Å². The first-order valence-corrected chi connectivity index (χ1v) is 12.1. The molecule has 2 saturated heterocycles. The highest BCUT2D eigenvalue weighted by atomic mass is 35.5. The van der Waals surface area contributed by atoms with Crippen LogP contribution >= 0.6 is 11.6 Å². The molecule has 2 aromatic carbocycles. The predicted octanol–water partition coefficient (Wildman–Crippen LogP) is 5.06. The van der Waals surface area contributed by atoms with Crippen molar-refractivity contribution in [3.63, 3.8) is 0 Å². The van der Waals surface area contributed by atoms with Crippen molar-refractivity contribution < 1.29 is 9.18 Å². The van der Waals surface area contributed by atoms with Gasteiger partial charge in [-0.3, -0.25) is 4.79 Å². The Morgan fingerprint density at radius 1 is 1.19 bits per heavy atom. The summed E-state index contributed by atoms with van der Waals surface area (Å²) in [7, 11) is 0. The fraction of sp³-hybridized carbons (Fsp3) is 0.500. The van der Waals surface area contributed by atoms with Crippen LogP contribution in [0.5, 0.6) is 0 Å². The Balaban J connectivity index is 1.26. The molecule has 2 atom stereocenters. The van der Waals surface area contributed by atoms with Crippen LogP contribution in [0.3, 0.4) is 0 Å². The number of amides is 1. The van der Waals surface area contributed by atoms with Crippen LogP contribution in [0.15, 0.2) is 42.5 Å². The van der Waals surface area contributed by atoms with Gasteiger partial charge in [-0.05, 0) is 86.9 Å². The summed E-state index contributed by atoms with van der Waals surface area (Å²) in [4.78, 5) is 14.8. The molecule has 1 unspecified atom stereocenters. The first-order chi connectivity index (χ1) is 15.5. The Kier molecular flexibility index (Phi) is 7.69. The lowest BCUT2D eigenvalue weighted by atomic mass is 9.87. The molecule has 0 aromatic heterocycles. The summed E-state index contributed by atoms with van der Waals surface area (Å²) in [6.07, 6.45) is 5.47. The zero-order valence-electron chi connectivity index (χ0n) is 18.7. The standard InChI is InChI=1S/C26H33ClFN3O/c1-18-13-20(7-10-29-18)14-21-6-5-19(15-25(21)27)16-26(32)31-11-8-23(9-12-31)30-24-4-2-3-22(28)17-24/h2-6,15,17-18,20,23,29-30H,7-14,16H2,1H3/t18-,20?/m0/s1. The molecule has 0 spiro atoms. The van der Waals surface area contributed by atoms with Gasteiger partial charge in [-0.1, -0.05) is 29.8 Å². The SMILES string of the molecule is C[C@H]1CC(Cc2ccc(CC(=O)N3CCC(Nc4cccc(F)c4)CC3)cc2Cl)CCN1. The topological polar surface area (TPSA) is 44.4 Å². The molecule has 32 heavy (non-hydrogen) atoms. The largest absolute Gasteiger partial charge is 0.382 e. The first kappa shape index (κ1) is 23.1. The van der Waals surface area contributed by atoms with Gasteiger partial charge in [0.25, 0.3) is 0 Å². The normalized spacial score (nSPS) is 22.0. The second kappa shape index (κ2) is 10.7. The zero-order valence-corrected chi connectivity index (χ0v) is 19.5. The summed E-state index contributed by atoms with van der Waals surface area (Å²) in [5.41, 5.74) is 2.96. The summed E-state index contributed by atoms with van der Waals surface area (Å²) in [5, 5.41) is 7.66. The molecule has 4 nitrogen and oxygen atoms in total. The maximum atomic E-state index is 13.4. The Morgan fingerprint density at radius 3 is 2.72 bits per heavy atom. The van der Waals surface area contributed by atoms with Gasteiger partial charge in [0, 0.05) is 35.9 Å². The number of rotatable bonds is 6. The van der Waals surface area contributed by atoms with E-state index in [9.17, 15) is 9.18 Å². The van der Waals surface area contributed by atoms with Crippen LogP contribution in [0, 0.1) is 11.7 Å². The van der Waals surface area contributed by atoms with Gasteiger partial charge in [-0.15, -0.1) is 0 Å². The minimum Gasteiger partial charge on any atom is -0.382 e. The molecule has 0 bridgehead atoms. The molecule has 1 amide bonds. The molecule has 4 rings (SSSR count). The summed E-state index contributed by atoms with van der Waals surface area (Å²) in [6.45, 7) is 4.74. The lowest BCUT2D eigenvalue weighted by Crippen LogP contribution is -2.43. The van der Waals surface area contributed by atoms with E-state index in [2.05, 4.69) is 29.7 Å². The number of anilines is 1. The molecule has 2 N–H and O–H groups in total. The Hall–Kier alpha value is -2.11. The second-order valence-electron chi connectivity index (χ2n) is 9.36. The Morgan fingerprint density at radius 2 is 2.00 bits per heavy atom. The van der Waals surface area contributed by atoms with E-state index < -0.39 is 0 Å². The van der Waals surface area contributed by atoms with Gasteiger partial charge in [-0.2, -0.15) is 0 Å². The van der Waals surface area contributed by atoms with Gasteiger partial charge >= 0.3 is 0 Å². The van der Waals surface area contributed by atoms with E-state index in [1.54, 1.807) is 6.07 Å². The van der Waals surface area contributed by atoms with E-state index in [-0.39, 0.29) is 17.8 Å². The van der Waals surface area contributed by atoms with E-state index in [4.69, 9.17) is 11.6 Å². The Bertz CT molecular complexity index is 929. The molecule has 172 valence electrons. The number of carbonyl (C=O) groups excluding carboxylic acids is 1. The van der Waals surface area contributed by atoms with Crippen molar-refractivity contribution in [2.24, 2.45) is 5.92 Å². The molecule has 0 radical (unpaired) electrons. The van der Waals surface area contributed by atoms with Crippen LogP contribution < -0.4 is 10.6 Å². The fourth-order valence-corrected chi connectivity index (χ4v) is 5.25. The molecule has 2 fully saturated rings. The number of halogens is 2. The van der Waals surface area contributed by atoms with E-state index >= 15 is 0 Å². The number of nitrogens with one attached hydrogen (secondary N) is 2. The third-order valence-corrected chi connectivity index (χ3v) is 7.11. The lowest BCUT2D eigenvalue weighted by Gasteiger charge is -2.33. The van der Waals surface area contributed by atoms with Gasteiger partial charge in [0.2, 0.25) is 5.91 Å². The van der Waals surface area contributed by atoms with Crippen LogP contribution in [0.25, 0.3) is 0 Å². The fourth-order valence-electron chi connectivity index (χ4n) is 4.97. The summed E-state index contributed by atoms with van der Waals surface area (Å²) in [5.74, 6) is 0.571. The third kappa shape index (κ3) is 6.23. The number of nitrogens with zero attached hydrogens (tertiary/aromatic N) is 1. The number of benzene rings is 2. The number of likely N-dealkylation sites (tertiary alicyclic amines) is 1. The van der Waals surface area contributed by atoms with Crippen LogP contribution in [-0.4, -0.2) is 42.5 Å². The van der Waals surface area contributed by atoms with Gasteiger partial charge in [-0.25, -0.2) is 4.39 Å². The van der Waals surface area contributed by atoms with Crippen molar-refractivity contribution in [1.82, 2.24) is 10.2 Å². The van der Waals surface area contributed by atoms with Crippen molar-refractivity contribution in [3.05, 3.63) is 64.4 Å². The number of hydrogen-bond donors (Lipinski definition) is 2. The van der Waals surface area contributed by atoms with Crippen molar-refractivity contribution in [2.75, 3.05) is 25.0 Å². The summed E-state index contributed by atoms with van der Waals surface area (Å²) < 4.78 is 13.4. The van der Waals surface area contributed by atoms with Crippen LogP contribution in [0.4, 0.5) is 10.1 Å². The molecule has 0 saturated carbocycles. The molecular formula is C26H33ClFN3O. The smallest absolute Gasteiger partial charge is 0.226 e. The molecule has 0 aliphatic carbocycles. The van der Waals surface area contributed by atoms with E-state index in [1.807, 2.05) is 17.0 Å².